The number of rotatable bonds is 5. The van der Waals surface area contributed by atoms with E-state index in [1.54, 1.807) is 24.3 Å². The molecule has 1 atom stereocenters. The quantitative estimate of drug-likeness (QED) is 0.247. The highest BCUT2D eigenvalue weighted by molar-refractivity contribution is 6.46. The Morgan fingerprint density at radius 1 is 1.15 bits per heavy atom. The van der Waals surface area contributed by atoms with Crippen LogP contribution in [0.25, 0.3) is 16.7 Å². The molecule has 172 valence electrons. The molecule has 1 fully saturated rings. The number of aliphatic hydroxyl groups excluding tert-OH is 1. The lowest BCUT2D eigenvalue weighted by Gasteiger charge is -2.24. The lowest BCUT2D eigenvalue weighted by Crippen LogP contribution is -2.29. The molecule has 0 aliphatic carbocycles. The molecule has 4 aromatic rings. The van der Waals surface area contributed by atoms with Crippen LogP contribution in [0.15, 0.2) is 77.0 Å². The normalized spacial score (nSPS) is 17.6. The van der Waals surface area contributed by atoms with Crippen LogP contribution >= 0.6 is 11.6 Å². The average molecular weight is 477 g/mol. The SMILES string of the molecule is COc1cc(/C(O)=C2\C(=O)C(=O)N(Cc3ccco3)C2c2cn(C)c3ccccc23)ccc1Cl. The fourth-order valence-corrected chi connectivity index (χ4v) is 4.69. The standard InChI is InChI=1S/C26H21ClN2O5/c1-28-14-18(17-7-3-4-8-20(17)28)23-22(24(30)15-9-10-19(27)21(12-15)33-2)25(31)26(32)29(23)13-16-6-5-11-34-16/h3-12,14,23,30H,13H2,1-2H3/b24-22+. The molecule has 3 heterocycles. The molecule has 1 unspecified atom stereocenters. The molecular formula is C26H21ClN2O5. The molecule has 1 saturated heterocycles. The number of nitrogens with zero attached hydrogens (tertiary/aromatic N) is 2. The molecule has 0 bridgehead atoms. The van der Waals surface area contributed by atoms with Gasteiger partial charge >= 0.3 is 0 Å². The zero-order chi connectivity index (χ0) is 24.0. The number of carbonyl (C=O) groups is 2. The number of para-hydroxylation sites is 1. The summed E-state index contributed by atoms with van der Waals surface area (Å²) in [6, 6.07) is 15.0. The number of hydrogen-bond donors (Lipinski definition) is 1. The van der Waals surface area contributed by atoms with Crippen LogP contribution in [-0.2, 0) is 23.2 Å². The maximum Gasteiger partial charge on any atom is 0.296 e. The Kier molecular flexibility index (Phi) is 5.42. The van der Waals surface area contributed by atoms with Gasteiger partial charge in [0.05, 0.1) is 36.6 Å². The van der Waals surface area contributed by atoms with Crippen molar-refractivity contribution in [3.05, 3.63) is 94.5 Å². The van der Waals surface area contributed by atoms with Gasteiger partial charge in [-0.25, -0.2) is 0 Å². The van der Waals surface area contributed by atoms with Gasteiger partial charge in [0, 0.05) is 35.3 Å². The minimum Gasteiger partial charge on any atom is -0.507 e. The Balaban J connectivity index is 1.74. The summed E-state index contributed by atoms with van der Waals surface area (Å²) in [6.45, 7) is 0.0756. The zero-order valence-electron chi connectivity index (χ0n) is 18.5. The summed E-state index contributed by atoms with van der Waals surface area (Å²) >= 11 is 6.14. The van der Waals surface area contributed by atoms with Gasteiger partial charge in [0.15, 0.2) is 0 Å². The number of aryl methyl sites for hydroxylation is 1. The van der Waals surface area contributed by atoms with Crippen molar-refractivity contribution in [2.45, 2.75) is 12.6 Å². The second-order valence-corrected chi connectivity index (χ2v) is 8.48. The highest BCUT2D eigenvalue weighted by Gasteiger charge is 2.47. The summed E-state index contributed by atoms with van der Waals surface area (Å²) in [5, 5.41) is 12.6. The van der Waals surface area contributed by atoms with Crippen molar-refractivity contribution < 1.29 is 23.8 Å². The molecule has 1 aliphatic heterocycles. The third-order valence-electron chi connectivity index (χ3n) is 6.09. The van der Waals surface area contributed by atoms with Gasteiger partial charge in [0.1, 0.15) is 17.3 Å². The first-order chi connectivity index (χ1) is 16.4. The Morgan fingerprint density at radius 2 is 1.94 bits per heavy atom. The van der Waals surface area contributed by atoms with Crippen LogP contribution in [0.3, 0.4) is 0 Å². The highest BCUT2D eigenvalue weighted by atomic mass is 35.5. The van der Waals surface area contributed by atoms with Gasteiger partial charge < -0.3 is 23.7 Å². The first-order valence-corrected chi connectivity index (χ1v) is 11.0. The average Bonchev–Trinajstić information content (AvgIpc) is 3.53. The van der Waals surface area contributed by atoms with Crippen molar-refractivity contribution in [3.63, 3.8) is 0 Å². The number of ketones is 1. The molecule has 1 aliphatic rings. The molecule has 2 aromatic heterocycles. The first-order valence-electron chi connectivity index (χ1n) is 10.6. The number of furan rings is 1. The molecule has 2 aromatic carbocycles. The van der Waals surface area contributed by atoms with Crippen molar-refractivity contribution in [1.82, 2.24) is 9.47 Å². The number of hydrogen-bond acceptors (Lipinski definition) is 5. The van der Waals surface area contributed by atoms with E-state index in [1.807, 2.05) is 42.1 Å². The lowest BCUT2D eigenvalue weighted by atomic mass is 9.95. The number of likely N-dealkylation sites (tertiary alicyclic amines) is 1. The van der Waals surface area contributed by atoms with Crippen LogP contribution in [0.1, 0.15) is 22.9 Å². The summed E-state index contributed by atoms with van der Waals surface area (Å²) < 4.78 is 12.7. The Bertz CT molecular complexity index is 1450. The summed E-state index contributed by atoms with van der Waals surface area (Å²) in [5.41, 5.74) is 1.99. The molecule has 7 nitrogen and oxygen atoms in total. The second-order valence-electron chi connectivity index (χ2n) is 8.07. The van der Waals surface area contributed by atoms with E-state index in [0.29, 0.717) is 22.1 Å². The van der Waals surface area contributed by atoms with Crippen LogP contribution in [0, 0.1) is 0 Å². The van der Waals surface area contributed by atoms with Crippen LogP contribution in [0.5, 0.6) is 5.75 Å². The smallest absolute Gasteiger partial charge is 0.296 e. The van der Waals surface area contributed by atoms with Gasteiger partial charge in [-0.15, -0.1) is 0 Å². The van der Waals surface area contributed by atoms with Gasteiger partial charge in [-0.2, -0.15) is 0 Å². The molecule has 1 N–H and O–H groups in total. The van der Waals surface area contributed by atoms with Crippen LogP contribution < -0.4 is 4.74 Å². The number of aromatic nitrogens is 1. The zero-order valence-corrected chi connectivity index (χ0v) is 19.2. The molecule has 1 amide bonds. The van der Waals surface area contributed by atoms with Crippen LogP contribution in [-0.4, -0.2) is 33.4 Å². The van der Waals surface area contributed by atoms with Gasteiger partial charge in [0.2, 0.25) is 0 Å². The molecule has 0 radical (unpaired) electrons. The Hall–Kier alpha value is -3.97. The van der Waals surface area contributed by atoms with Crippen molar-refractivity contribution in [2.75, 3.05) is 7.11 Å². The minimum absolute atomic E-state index is 0.00251. The van der Waals surface area contributed by atoms with E-state index in [9.17, 15) is 14.7 Å². The monoisotopic (exact) mass is 476 g/mol. The topological polar surface area (TPSA) is 84.9 Å². The Labute approximate surface area is 200 Å². The first kappa shape index (κ1) is 21.9. The number of methoxy groups -OCH3 is 1. The van der Waals surface area contributed by atoms with E-state index in [4.69, 9.17) is 20.8 Å². The molecule has 5 rings (SSSR count). The van der Waals surface area contributed by atoms with Crippen molar-refractivity contribution in [1.29, 1.82) is 0 Å². The van der Waals surface area contributed by atoms with Gasteiger partial charge in [-0.3, -0.25) is 9.59 Å². The molecular weight excluding hydrogens is 456 g/mol. The van der Waals surface area contributed by atoms with E-state index in [2.05, 4.69) is 0 Å². The predicted octanol–water partition coefficient (Wildman–Crippen LogP) is 5.06. The third kappa shape index (κ3) is 3.45. The third-order valence-corrected chi connectivity index (χ3v) is 6.41. The van der Waals surface area contributed by atoms with E-state index in [1.165, 1.54) is 24.3 Å². The fourth-order valence-electron chi connectivity index (χ4n) is 4.49. The van der Waals surface area contributed by atoms with Crippen LogP contribution in [0.4, 0.5) is 0 Å². The number of amides is 1. The summed E-state index contributed by atoms with van der Waals surface area (Å²) in [6.07, 6.45) is 3.39. The van der Waals surface area contributed by atoms with Gasteiger partial charge in [-0.05, 0) is 36.4 Å². The predicted molar refractivity (Wildman–Crippen MR) is 127 cm³/mol. The number of aliphatic hydroxyl groups is 1. The minimum atomic E-state index is -0.821. The number of fused-ring (bicyclic) bond motifs is 1. The molecule has 0 saturated carbocycles. The number of benzene rings is 2. The Morgan fingerprint density at radius 3 is 2.68 bits per heavy atom. The van der Waals surface area contributed by atoms with Crippen LogP contribution in [0.2, 0.25) is 5.02 Å². The number of carbonyl (C=O) groups excluding carboxylic acids is 2. The summed E-state index contributed by atoms with van der Waals surface area (Å²) in [4.78, 5) is 28.0. The van der Waals surface area contributed by atoms with E-state index < -0.39 is 17.7 Å². The maximum absolute atomic E-state index is 13.3. The van der Waals surface area contributed by atoms with Crippen molar-refractivity contribution in [3.8, 4) is 5.75 Å². The molecule has 0 spiro atoms. The number of halogens is 1. The maximum atomic E-state index is 13.3. The van der Waals surface area contributed by atoms with Crippen molar-refractivity contribution in [2.24, 2.45) is 7.05 Å². The fraction of sp³-hybridized carbons (Fsp3) is 0.154. The largest absolute Gasteiger partial charge is 0.507 e. The lowest BCUT2D eigenvalue weighted by molar-refractivity contribution is -0.140. The van der Waals surface area contributed by atoms with E-state index in [0.717, 1.165) is 16.5 Å². The number of ether oxygens (including phenoxy) is 1. The summed E-state index contributed by atoms with van der Waals surface area (Å²) in [5.74, 6) is -0.904. The molecule has 34 heavy (non-hydrogen) atoms. The highest BCUT2D eigenvalue weighted by Crippen LogP contribution is 2.43. The number of Topliss-reactive ketones (excluding diaryl/α,β-unsaturated/α-hetero) is 1. The van der Waals surface area contributed by atoms with Gasteiger partial charge in [-0.1, -0.05) is 29.8 Å². The van der Waals surface area contributed by atoms with Crippen molar-refractivity contribution >= 4 is 40.0 Å². The van der Waals surface area contributed by atoms with E-state index >= 15 is 0 Å². The second kappa shape index (κ2) is 8.43. The summed E-state index contributed by atoms with van der Waals surface area (Å²) in [7, 11) is 3.36. The van der Waals surface area contributed by atoms with Gasteiger partial charge in [0.25, 0.3) is 11.7 Å². The molecule has 8 heteroatoms. The van der Waals surface area contributed by atoms with E-state index in [-0.39, 0.29) is 17.9 Å².